The van der Waals surface area contributed by atoms with Crippen LogP contribution in [0.5, 0.6) is 0 Å². The molecule has 0 spiro atoms. The van der Waals surface area contributed by atoms with Gasteiger partial charge in [0.1, 0.15) is 0 Å². The topological polar surface area (TPSA) is 82.9 Å². The third-order valence-electron chi connectivity index (χ3n) is 4.16. The van der Waals surface area contributed by atoms with Gasteiger partial charge in [-0.1, -0.05) is 6.07 Å². The van der Waals surface area contributed by atoms with E-state index in [9.17, 15) is 9.59 Å². The van der Waals surface area contributed by atoms with Crippen molar-refractivity contribution in [2.45, 2.75) is 31.3 Å². The van der Waals surface area contributed by atoms with Crippen LogP contribution in [0.1, 0.15) is 45.5 Å². The average Bonchev–Trinajstić information content (AvgIpc) is 3.33. The number of benzene rings is 1. The minimum atomic E-state index is -0.393. The van der Waals surface area contributed by atoms with Crippen LogP contribution in [0.2, 0.25) is 0 Å². The van der Waals surface area contributed by atoms with Gasteiger partial charge in [0.15, 0.2) is 5.66 Å². The highest BCUT2D eigenvalue weighted by molar-refractivity contribution is 6.01. The number of fused-ring (bicyclic) bond motifs is 1. The maximum Gasteiger partial charge on any atom is 0.251 e. The van der Waals surface area contributed by atoms with Crippen LogP contribution >= 0.6 is 0 Å². The van der Waals surface area contributed by atoms with E-state index in [4.69, 9.17) is 6.42 Å². The molecule has 0 aromatic heterocycles. The molecule has 6 nitrogen and oxygen atoms in total. The summed E-state index contributed by atoms with van der Waals surface area (Å²) in [5.41, 5.74) is 1.66. The van der Waals surface area contributed by atoms with Crippen LogP contribution in [0.4, 0.5) is 0 Å². The van der Waals surface area contributed by atoms with Crippen LogP contribution in [0, 0.1) is 12.3 Å². The summed E-state index contributed by atoms with van der Waals surface area (Å²) in [6.07, 6.45) is 8.03. The highest BCUT2D eigenvalue weighted by Gasteiger charge is 2.38. The molecular formula is C17H18N4O2. The van der Waals surface area contributed by atoms with Crippen molar-refractivity contribution < 1.29 is 9.59 Å². The van der Waals surface area contributed by atoms with Gasteiger partial charge in [-0.15, -0.1) is 12.3 Å². The molecule has 0 atom stereocenters. The van der Waals surface area contributed by atoms with Gasteiger partial charge in [-0.05, 0) is 24.1 Å². The van der Waals surface area contributed by atoms with Crippen LogP contribution in [-0.2, 0) is 6.42 Å². The Morgan fingerprint density at radius 2 is 2.22 bits per heavy atom. The van der Waals surface area contributed by atoms with Crippen molar-refractivity contribution in [3.63, 3.8) is 0 Å². The number of hydrogen-bond acceptors (Lipinski definition) is 4. The standard InChI is InChI=1S/C17H18N4O2/c1-2-3-7-17(20-21-17)8-10-19-15(22)13-5-4-12-6-9-18-16(23)14(12)11-13/h1,4-5,11H,3,6-10H2,(H,18,23)(H,19,22). The summed E-state index contributed by atoms with van der Waals surface area (Å²) in [7, 11) is 0. The number of terminal acetylenes is 1. The van der Waals surface area contributed by atoms with Gasteiger partial charge in [-0.3, -0.25) is 9.59 Å². The SMILES string of the molecule is C#CCCC1(CCNC(=O)c2ccc3c(c2)C(=O)NCC3)N=N1. The first-order chi connectivity index (χ1) is 11.1. The molecule has 0 aliphatic carbocycles. The lowest BCUT2D eigenvalue weighted by Gasteiger charge is -2.17. The molecule has 0 unspecified atom stereocenters. The molecule has 2 aliphatic rings. The van der Waals surface area contributed by atoms with Crippen LogP contribution < -0.4 is 10.6 Å². The van der Waals surface area contributed by atoms with Crippen molar-refractivity contribution in [3.05, 3.63) is 34.9 Å². The van der Waals surface area contributed by atoms with E-state index < -0.39 is 5.66 Å². The Morgan fingerprint density at radius 3 is 2.96 bits per heavy atom. The van der Waals surface area contributed by atoms with Gasteiger partial charge in [0.25, 0.3) is 11.8 Å². The van der Waals surface area contributed by atoms with Crippen molar-refractivity contribution in [1.29, 1.82) is 0 Å². The Kier molecular flexibility index (Phi) is 4.11. The largest absolute Gasteiger partial charge is 0.352 e. The monoisotopic (exact) mass is 310 g/mol. The summed E-state index contributed by atoms with van der Waals surface area (Å²) >= 11 is 0. The zero-order valence-electron chi connectivity index (χ0n) is 12.8. The van der Waals surface area contributed by atoms with Crippen molar-refractivity contribution in [1.82, 2.24) is 10.6 Å². The summed E-state index contributed by atoms with van der Waals surface area (Å²) in [6.45, 7) is 1.11. The fourth-order valence-electron chi connectivity index (χ4n) is 2.70. The normalized spacial score (nSPS) is 16.9. The molecule has 0 radical (unpaired) electrons. The predicted octanol–water partition coefficient (Wildman–Crippen LogP) is 1.67. The third-order valence-corrected chi connectivity index (χ3v) is 4.16. The minimum absolute atomic E-state index is 0.121. The van der Waals surface area contributed by atoms with Crippen molar-refractivity contribution in [2.75, 3.05) is 13.1 Å². The van der Waals surface area contributed by atoms with Crippen LogP contribution in [-0.4, -0.2) is 30.6 Å². The molecule has 3 rings (SSSR count). The first-order valence-electron chi connectivity index (χ1n) is 7.70. The van der Waals surface area contributed by atoms with E-state index in [2.05, 4.69) is 26.8 Å². The highest BCUT2D eigenvalue weighted by atomic mass is 16.2. The van der Waals surface area contributed by atoms with Crippen LogP contribution in [0.25, 0.3) is 0 Å². The molecule has 2 amide bonds. The van der Waals surface area contributed by atoms with Gasteiger partial charge in [0.05, 0.1) is 0 Å². The zero-order chi connectivity index (χ0) is 16.3. The summed E-state index contributed by atoms with van der Waals surface area (Å²) in [4.78, 5) is 24.1. The predicted molar refractivity (Wildman–Crippen MR) is 85.1 cm³/mol. The molecule has 6 heteroatoms. The molecule has 2 N–H and O–H groups in total. The molecule has 1 aromatic rings. The second kappa shape index (κ2) is 6.21. The summed E-state index contributed by atoms with van der Waals surface area (Å²) in [6, 6.07) is 5.26. The molecule has 0 saturated heterocycles. The fourth-order valence-corrected chi connectivity index (χ4v) is 2.70. The Hall–Kier alpha value is -2.68. The van der Waals surface area contributed by atoms with Crippen LogP contribution in [0.15, 0.2) is 28.4 Å². The molecule has 0 bridgehead atoms. The number of rotatable bonds is 6. The van der Waals surface area contributed by atoms with Crippen molar-refractivity contribution in [2.24, 2.45) is 10.2 Å². The van der Waals surface area contributed by atoms with E-state index in [1.165, 1.54) is 0 Å². The Morgan fingerprint density at radius 1 is 1.39 bits per heavy atom. The van der Waals surface area contributed by atoms with Gasteiger partial charge in [-0.25, -0.2) is 0 Å². The molecule has 0 fully saturated rings. The highest BCUT2D eigenvalue weighted by Crippen LogP contribution is 2.36. The first-order valence-corrected chi connectivity index (χ1v) is 7.70. The lowest BCUT2D eigenvalue weighted by atomic mass is 9.97. The molecule has 1 aromatic carbocycles. The smallest absolute Gasteiger partial charge is 0.251 e. The first kappa shape index (κ1) is 15.2. The van der Waals surface area contributed by atoms with E-state index >= 15 is 0 Å². The number of amides is 2. The molecule has 2 aliphatic heterocycles. The second-order valence-electron chi connectivity index (χ2n) is 5.77. The molecular weight excluding hydrogens is 292 g/mol. The average molecular weight is 310 g/mol. The minimum Gasteiger partial charge on any atom is -0.352 e. The quantitative estimate of drug-likeness (QED) is 0.783. The Balaban J connectivity index is 1.56. The van der Waals surface area contributed by atoms with Crippen LogP contribution in [0.3, 0.4) is 0 Å². The summed E-state index contributed by atoms with van der Waals surface area (Å²) in [5.74, 6) is 2.26. The van der Waals surface area contributed by atoms with Gasteiger partial charge >= 0.3 is 0 Å². The number of carbonyl (C=O) groups excluding carboxylic acids is 2. The Bertz CT molecular complexity index is 712. The van der Waals surface area contributed by atoms with E-state index in [-0.39, 0.29) is 11.8 Å². The summed E-state index contributed by atoms with van der Waals surface area (Å²) in [5, 5.41) is 13.7. The van der Waals surface area contributed by atoms with Gasteiger partial charge in [0, 0.05) is 43.5 Å². The van der Waals surface area contributed by atoms with E-state index in [0.29, 0.717) is 37.1 Å². The van der Waals surface area contributed by atoms with Crippen molar-refractivity contribution >= 4 is 11.8 Å². The van der Waals surface area contributed by atoms with E-state index in [1.807, 2.05) is 6.07 Å². The maximum atomic E-state index is 12.2. The number of nitrogens with zero attached hydrogens (tertiary/aromatic N) is 2. The maximum absolute atomic E-state index is 12.2. The molecule has 0 saturated carbocycles. The zero-order valence-corrected chi connectivity index (χ0v) is 12.8. The van der Waals surface area contributed by atoms with Crippen molar-refractivity contribution in [3.8, 4) is 12.3 Å². The van der Waals surface area contributed by atoms with Gasteiger partial charge in [0.2, 0.25) is 0 Å². The lowest BCUT2D eigenvalue weighted by Crippen LogP contribution is -2.33. The van der Waals surface area contributed by atoms with Gasteiger partial charge in [-0.2, -0.15) is 10.2 Å². The summed E-state index contributed by atoms with van der Waals surface area (Å²) < 4.78 is 0. The van der Waals surface area contributed by atoms with E-state index in [0.717, 1.165) is 18.4 Å². The molecule has 118 valence electrons. The number of hydrogen-bond donors (Lipinski definition) is 2. The fraction of sp³-hybridized carbons (Fsp3) is 0.412. The molecule has 23 heavy (non-hydrogen) atoms. The lowest BCUT2D eigenvalue weighted by molar-refractivity contribution is 0.0946. The number of carbonyl (C=O) groups is 2. The second-order valence-corrected chi connectivity index (χ2v) is 5.77. The number of nitrogens with one attached hydrogen (secondary N) is 2. The van der Waals surface area contributed by atoms with E-state index in [1.54, 1.807) is 12.1 Å². The Labute approximate surface area is 134 Å². The van der Waals surface area contributed by atoms with Gasteiger partial charge < -0.3 is 10.6 Å². The third kappa shape index (κ3) is 3.39. The molecule has 2 heterocycles.